The molecule has 0 rings (SSSR count). The van der Waals surface area contributed by atoms with Crippen molar-refractivity contribution in [2.75, 3.05) is 39.6 Å². The molecule has 0 aliphatic rings. The van der Waals surface area contributed by atoms with Crippen molar-refractivity contribution in [1.29, 1.82) is 0 Å². The maximum atomic E-state index is 13.1. The fourth-order valence-corrected chi connectivity index (χ4v) is 13.5. The van der Waals surface area contributed by atoms with Crippen LogP contribution >= 0.6 is 15.6 Å². The van der Waals surface area contributed by atoms with E-state index in [1.807, 2.05) is 0 Å². The standard InChI is InChI=1S/C77H150O17P2/c1-6-9-12-15-18-21-24-27-29-31-33-35-37-40-43-46-53-58-63-77(82)93-72(66-87-74(79)60-55-50-44-41-39-36-34-32-30-28-25-22-19-16-13-10-7-2)68-91-95(83,84)89-64-71(78)65-90-96(85,86)92-69-73(67-88-75(80)61-56-51-48-47-49-54-59-70(4)5)94-76(81)62-57-52-45-42-38-26-23-20-17-14-11-8-3/h70-73,78H,6-69H2,1-5H3,(H,83,84)(H,85,86)/t71-,72-,73-/m1/s1. The lowest BCUT2D eigenvalue weighted by atomic mass is 10.0. The molecular weight excluding hydrogens is 1260 g/mol. The highest BCUT2D eigenvalue weighted by Crippen LogP contribution is 2.45. The van der Waals surface area contributed by atoms with Crippen molar-refractivity contribution < 1.29 is 80.2 Å². The smallest absolute Gasteiger partial charge is 0.462 e. The number of unbranched alkanes of at least 4 members (excludes halogenated alkanes) is 49. The van der Waals surface area contributed by atoms with Gasteiger partial charge in [-0.2, -0.15) is 0 Å². The van der Waals surface area contributed by atoms with Gasteiger partial charge < -0.3 is 33.8 Å². The molecule has 19 heteroatoms. The average Bonchev–Trinajstić information content (AvgIpc) is 1.48. The molecule has 0 spiro atoms. The number of hydrogen-bond donors (Lipinski definition) is 3. The molecule has 3 N–H and O–H groups in total. The van der Waals surface area contributed by atoms with E-state index in [1.165, 1.54) is 225 Å². The Bertz CT molecular complexity index is 1840. The van der Waals surface area contributed by atoms with E-state index >= 15 is 0 Å². The van der Waals surface area contributed by atoms with Gasteiger partial charge in [-0.15, -0.1) is 0 Å². The Morgan fingerprint density at radius 1 is 0.281 bits per heavy atom. The molecule has 96 heavy (non-hydrogen) atoms. The second kappa shape index (κ2) is 70.1. The van der Waals surface area contributed by atoms with Crippen LogP contribution in [0.15, 0.2) is 0 Å². The Morgan fingerprint density at radius 3 is 0.708 bits per heavy atom. The highest BCUT2D eigenvalue weighted by atomic mass is 31.2. The highest BCUT2D eigenvalue weighted by molar-refractivity contribution is 7.47. The first-order valence-corrected chi connectivity index (χ1v) is 43.1. The topological polar surface area (TPSA) is 237 Å². The Balaban J connectivity index is 5.22. The number of carbonyl (C=O) groups is 4. The molecule has 570 valence electrons. The maximum absolute atomic E-state index is 13.1. The van der Waals surface area contributed by atoms with Gasteiger partial charge in [0.25, 0.3) is 0 Å². The highest BCUT2D eigenvalue weighted by Gasteiger charge is 2.30. The first kappa shape index (κ1) is 94.1. The van der Waals surface area contributed by atoms with Gasteiger partial charge in [-0.1, -0.05) is 356 Å². The van der Waals surface area contributed by atoms with Crippen LogP contribution in [-0.2, 0) is 65.4 Å². The van der Waals surface area contributed by atoms with Gasteiger partial charge in [0.2, 0.25) is 0 Å². The van der Waals surface area contributed by atoms with Crippen molar-refractivity contribution in [1.82, 2.24) is 0 Å². The van der Waals surface area contributed by atoms with Crippen molar-refractivity contribution >= 4 is 39.5 Å². The van der Waals surface area contributed by atoms with Crippen LogP contribution in [0.4, 0.5) is 0 Å². The number of carbonyl (C=O) groups excluding carboxylic acids is 4. The van der Waals surface area contributed by atoms with Crippen molar-refractivity contribution in [2.45, 2.75) is 425 Å². The lowest BCUT2D eigenvalue weighted by molar-refractivity contribution is -0.161. The predicted octanol–water partition coefficient (Wildman–Crippen LogP) is 22.9. The lowest BCUT2D eigenvalue weighted by Crippen LogP contribution is -2.30. The van der Waals surface area contributed by atoms with E-state index in [-0.39, 0.29) is 25.7 Å². The summed E-state index contributed by atoms with van der Waals surface area (Å²) in [4.78, 5) is 72.8. The number of ether oxygens (including phenoxy) is 4. The molecule has 0 aromatic rings. The van der Waals surface area contributed by atoms with Gasteiger partial charge in [-0.05, 0) is 31.6 Å². The molecule has 0 aromatic carbocycles. The maximum Gasteiger partial charge on any atom is 0.472 e. The normalized spacial score (nSPS) is 13.9. The first-order chi connectivity index (χ1) is 46.5. The monoisotopic (exact) mass is 1410 g/mol. The molecule has 0 fully saturated rings. The summed E-state index contributed by atoms with van der Waals surface area (Å²) in [6, 6.07) is 0. The van der Waals surface area contributed by atoms with Gasteiger partial charge in [0.1, 0.15) is 19.3 Å². The first-order valence-electron chi connectivity index (χ1n) is 40.1. The largest absolute Gasteiger partial charge is 0.472 e. The SMILES string of the molecule is CCCCCCCCCCCCCCCCCCCCC(=O)O[C@H](COC(=O)CCCCCCCCCCCCCCCCCCC)COP(=O)(O)OC[C@@H](O)COP(=O)(O)OC[C@@H](COC(=O)CCCCCCCCC(C)C)OC(=O)CCCCCCCCCCCCCC. The summed E-state index contributed by atoms with van der Waals surface area (Å²) in [5, 5.41) is 10.6. The van der Waals surface area contributed by atoms with Crippen molar-refractivity contribution in [3.63, 3.8) is 0 Å². The zero-order valence-electron chi connectivity index (χ0n) is 62.5. The zero-order chi connectivity index (χ0) is 70.5. The molecule has 0 aliphatic heterocycles. The van der Waals surface area contributed by atoms with E-state index in [4.69, 9.17) is 37.0 Å². The Morgan fingerprint density at radius 2 is 0.479 bits per heavy atom. The second-order valence-electron chi connectivity index (χ2n) is 28.2. The molecule has 0 aromatic heterocycles. The minimum atomic E-state index is -4.96. The van der Waals surface area contributed by atoms with Crippen LogP contribution in [-0.4, -0.2) is 96.7 Å². The van der Waals surface area contributed by atoms with Crippen LogP contribution < -0.4 is 0 Å². The number of rotatable bonds is 77. The molecule has 0 saturated carbocycles. The number of hydrogen-bond acceptors (Lipinski definition) is 15. The van der Waals surface area contributed by atoms with Crippen LogP contribution in [0, 0.1) is 5.92 Å². The fourth-order valence-electron chi connectivity index (χ4n) is 11.9. The second-order valence-corrected chi connectivity index (χ2v) is 31.1. The number of aliphatic hydroxyl groups is 1. The van der Waals surface area contributed by atoms with Gasteiger partial charge in [0.15, 0.2) is 12.2 Å². The third-order valence-electron chi connectivity index (χ3n) is 18.0. The summed E-state index contributed by atoms with van der Waals surface area (Å²) in [5.74, 6) is -1.43. The molecule has 0 bridgehead atoms. The van der Waals surface area contributed by atoms with Gasteiger partial charge in [-0.3, -0.25) is 37.3 Å². The van der Waals surface area contributed by atoms with Crippen LogP contribution in [0.3, 0.4) is 0 Å². The van der Waals surface area contributed by atoms with Gasteiger partial charge in [-0.25, -0.2) is 9.13 Å². The summed E-state index contributed by atoms with van der Waals surface area (Å²) in [6.45, 7) is 7.22. The van der Waals surface area contributed by atoms with Gasteiger partial charge in [0, 0.05) is 25.7 Å². The van der Waals surface area contributed by atoms with Gasteiger partial charge in [0.05, 0.1) is 26.4 Å². The zero-order valence-corrected chi connectivity index (χ0v) is 64.3. The molecule has 0 saturated heterocycles. The van der Waals surface area contributed by atoms with Crippen LogP contribution in [0.25, 0.3) is 0 Å². The summed E-state index contributed by atoms with van der Waals surface area (Å²) in [5.41, 5.74) is 0. The van der Waals surface area contributed by atoms with E-state index in [1.54, 1.807) is 0 Å². The third-order valence-corrected chi connectivity index (χ3v) is 19.9. The average molecular weight is 1410 g/mol. The van der Waals surface area contributed by atoms with Crippen molar-refractivity contribution in [2.24, 2.45) is 5.92 Å². The number of phosphoric ester groups is 2. The summed E-state index contributed by atoms with van der Waals surface area (Å²) < 4.78 is 68.5. The van der Waals surface area contributed by atoms with Crippen LogP contribution in [0.2, 0.25) is 0 Å². The summed E-state index contributed by atoms with van der Waals surface area (Å²) in [6.07, 6.45) is 59.8. The molecule has 0 amide bonds. The van der Waals surface area contributed by atoms with Crippen LogP contribution in [0.5, 0.6) is 0 Å². The third kappa shape index (κ3) is 70.5. The molecule has 17 nitrogen and oxygen atoms in total. The summed E-state index contributed by atoms with van der Waals surface area (Å²) >= 11 is 0. The Labute approximate surface area is 588 Å². The van der Waals surface area contributed by atoms with Crippen molar-refractivity contribution in [3.8, 4) is 0 Å². The molecular formula is C77H150O17P2. The summed E-state index contributed by atoms with van der Waals surface area (Å²) in [7, 11) is -9.91. The molecule has 2 unspecified atom stereocenters. The van der Waals surface area contributed by atoms with Crippen LogP contribution in [0.1, 0.15) is 407 Å². The van der Waals surface area contributed by atoms with E-state index in [2.05, 4.69) is 34.6 Å². The van der Waals surface area contributed by atoms with Gasteiger partial charge >= 0.3 is 39.5 Å². The number of phosphoric acid groups is 2. The number of esters is 4. The van der Waals surface area contributed by atoms with E-state index in [0.29, 0.717) is 31.6 Å². The fraction of sp³-hybridized carbons (Fsp3) is 0.948. The molecule has 0 radical (unpaired) electrons. The minimum Gasteiger partial charge on any atom is -0.462 e. The van der Waals surface area contributed by atoms with E-state index < -0.39 is 97.5 Å². The van der Waals surface area contributed by atoms with Crippen molar-refractivity contribution in [3.05, 3.63) is 0 Å². The lowest BCUT2D eigenvalue weighted by Gasteiger charge is -2.21. The Kier molecular flexibility index (Phi) is 68.7. The van der Waals surface area contributed by atoms with E-state index in [0.717, 1.165) is 96.3 Å². The molecule has 0 aliphatic carbocycles. The quantitative estimate of drug-likeness (QED) is 0.0222. The molecule has 0 heterocycles. The molecule has 5 atom stereocenters. The predicted molar refractivity (Wildman–Crippen MR) is 391 cm³/mol. The van der Waals surface area contributed by atoms with E-state index in [9.17, 15) is 43.2 Å². The minimum absolute atomic E-state index is 0.107. The number of aliphatic hydroxyl groups excluding tert-OH is 1. The Hall–Kier alpha value is -1.94.